The quantitative estimate of drug-likeness (QED) is 0.500. The Bertz CT molecular complexity index is 1180. The van der Waals surface area contributed by atoms with Crippen LogP contribution in [0.15, 0.2) is 36.5 Å². The molecule has 1 aliphatic rings. The number of anilines is 1. The highest BCUT2D eigenvalue weighted by atomic mass is 19.4. The number of halogens is 3. The lowest BCUT2D eigenvalue weighted by atomic mass is 9.96. The van der Waals surface area contributed by atoms with Crippen LogP contribution in [0.5, 0.6) is 5.75 Å². The number of alkyl halides is 3. The summed E-state index contributed by atoms with van der Waals surface area (Å²) in [4.78, 5) is 16.2. The van der Waals surface area contributed by atoms with Gasteiger partial charge in [0, 0.05) is 17.6 Å². The molecular weight excluding hydrogens is 449 g/mol. The summed E-state index contributed by atoms with van der Waals surface area (Å²) >= 11 is 0. The van der Waals surface area contributed by atoms with Crippen molar-refractivity contribution >= 4 is 22.5 Å². The first-order valence-corrected chi connectivity index (χ1v) is 11.2. The van der Waals surface area contributed by atoms with Crippen molar-refractivity contribution in [1.29, 1.82) is 0 Å². The summed E-state index contributed by atoms with van der Waals surface area (Å²) in [5.41, 5.74) is -1.75. The molecule has 0 bridgehead atoms. The highest BCUT2D eigenvalue weighted by molar-refractivity contribution is 6.05. The maximum Gasteiger partial charge on any atom is 0.433 e. The average molecular weight is 476 g/mol. The number of ether oxygens (including phenoxy) is 1. The average Bonchev–Trinajstić information content (AvgIpc) is 3.20. The summed E-state index contributed by atoms with van der Waals surface area (Å²) < 4.78 is 46.8. The van der Waals surface area contributed by atoms with Crippen LogP contribution in [0.3, 0.4) is 0 Å². The predicted molar refractivity (Wildman–Crippen MR) is 121 cm³/mol. The lowest BCUT2D eigenvalue weighted by molar-refractivity contribution is -0.141. The lowest BCUT2D eigenvalue weighted by Gasteiger charge is -2.21. The van der Waals surface area contributed by atoms with Crippen LogP contribution in [-0.2, 0) is 6.18 Å². The van der Waals surface area contributed by atoms with Crippen molar-refractivity contribution < 1.29 is 27.8 Å². The number of nitrogens with one attached hydrogen (secondary N) is 1. The van der Waals surface area contributed by atoms with E-state index in [0.29, 0.717) is 11.6 Å². The van der Waals surface area contributed by atoms with Gasteiger partial charge in [-0.15, -0.1) is 0 Å². The van der Waals surface area contributed by atoms with Crippen LogP contribution >= 0.6 is 0 Å². The van der Waals surface area contributed by atoms with Gasteiger partial charge in [0.25, 0.3) is 5.91 Å². The van der Waals surface area contributed by atoms with E-state index >= 15 is 0 Å². The van der Waals surface area contributed by atoms with Gasteiger partial charge in [0.15, 0.2) is 0 Å². The first-order chi connectivity index (χ1) is 16.0. The maximum absolute atomic E-state index is 13.0. The molecule has 3 aromatic rings. The van der Waals surface area contributed by atoms with E-state index in [4.69, 9.17) is 4.74 Å². The molecule has 4 rings (SSSR count). The van der Waals surface area contributed by atoms with E-state index in [0.717, 1.165) is 43.2 Å². The van der Waals surface area contributed by atoms with Crippen LogP contribution in [0.4, 0.5) is 18.9 Å². The van der Waals surface area contributed by atoms with E-state index in [9.17, 15) is 23.1 Å². The zero-order chi connectivity index (χ0) is 24.5. The number of amides is 1. The summed E-state index contributed by atoms with van der Waals surface area (Å²) in [7, 11) is 0. The van der Waals surface area contributed by atoms with Gasteiger partial charge in [-0.3, -0.25) is 9.48 Å². The van der Waals surface area contributed by atoms with Gasteiger partial charge in [-0.25, -0.2) is 4.98 Å². The number of aromatic nitrogens is 3. The SMILES string of the molecule is CC(C)(O)COc1cc2nn(C3CCCCC3)cc2cc1NC(=O)c1cccc(C(F)(F)F)n1. The summed E-state index contributed by atoms with van der Waals surface area (Å²) in [6.07, 6.45) is 2.83. The highest BCUT2D eigenvalue weighted by Gasteiger charge is 2.33. The Morgan fingerprint density at radius 3 is 2.62 bits per heavy atom. The molecule has 1 saturated carbocycles. The molecule has 7 nitrogen and oxygen atoms in total. The molecule has 1 aliphatic carbocycles. The number of fused-ring (bicyclic) bond motifs is 1. The summed E-state index contributed by atoms with van der Waals surface area (Å²) in [6, 6.07) is 6.78. The predicted octanol–water partition coefficient (Wildman–Crippen LogP) is 5.36. The molecule has 10 heteroatoms. The van der Waals surface area contributed by atoms with E-state index < -0.39 is 23.4 Å². The molecule has 0 unspecified atom stereocenters. The van der Waals surface area contributed by atoms with Gasteiger partial charge in [-0.1, -0.05) is 25.3 Å². The van der Waals surface area contributed by atoms with E-state index in [1.807, 2.05) is 10.9 Å². The van der Waals surface area contributed by atoms with Gasteiger partial charge in [0.05, 0.1) is 22.8 Å². The fourth-order valence-electron chi connectivity index (χ4n) is 3.98. The molecule has 2 heterocycles. The van der Waals surface area contributed by atoms with Crippen molar-refractivity contribution in [1.82, 2.24) is 14.8 Å². The minimum atomic E-state index is -4.66. The second-order valence-electron chi connectivity index (χ2n) is 9.27. The highest BCUT2D eigenvalue weighted by Crippen LogP contribution is 2.34. The molecule has 182 valence electrons. The Hall–Kier alpha value is -3.14. The molecule has 0 saturated heterocycles. The Kier molecular flexibility index (Phi) is 6.53. The monoisotopic (exact) mass is 476 g/mol. The zero-order valence-electron chi connectivity index (χ0n) is 19.0. The fraction of sp³-hybridized carbons (Fsp3) is 0.458. The van der Waals surface area contributed by atoms with E-state index in [-0.39, 0.29) is 23.7 Å². The maximum atomic E-state index is 13.0. The molecular formula is C24H27F3N4O3. The molecule has 2 aromatic heterocycles. The van der Waals surface area contributed by atoms with Gasteiger partial charge >= 0.3 is 6.18 Å². The van der Waals surface area contributed by atoms with Crippen molar-refractivity contribution in [2.24, 2.45) is 0 Å². The van der Waals surface area contributed by atoms with Crippen LogP contribution in [0.25, 0.3) is 10.9 Å². The molecule has 34 heavy (non-hydrogen) atoms. The number of carbonyl (C=O) groups excluding carboxylic acids is 1. The summed E-state index contributed by atoms with van der Waals surface area (Å²) in [5.74, 6) is -0.554. The normalized spacial score (nSPS) is 15.5. The molecule has 0 radical (unpaired) electrons. The number of hydrogen-bond acceptors (Lipinski definition) is 5. The van der Waals surface area contributed by atoms with E-state index in [1.165, 1.54) is 12.5 Å². The topological polar surface area (TPSA) is 89.3 Å². The Labute approximate surface area is 194 Å². The molecule has 1 amide bonds. The minimum Gasteiger partial charge on any atom is -0.488 e. The zero-order valence-corrected chi connectivity index (χ0v) is 19.0. The largest absolute Gasteiger partial charge is 0.488 e. The second kappa shape index (κ2) is 9.25. The van der Waals surface area contributed by atoms with Crippen molar-refractivity contribution in [3.05, 3.63) is 47.9 Å². The fourth-order valence-corrected chi connectivity index (χ4v) is 3.98. The molecule has 0 aliphatic heterocycles. The van der Waals surface area contributed by atoms with Crippen LogP contribution in [0, 0.1) is 0 Å². The van der Waals surface area contributed by atoms with E-state index in [1.54, 1.807) is 26.0 Å². The van der Waals surface area contributed by atoms with Gasteiger partial charge in [-0.2, -0.15) is 18.3 Å². The third kappa shape index (κ3) is 5.67. The van der Waals surface area contributed by atoms with Crippen LogP contribution < -0.4 is 10.1 Å². The lowest BCUT2D eigenvalue weighted by Crippen LogP contribution is -2.28. The van der Waals surface area contributed by atoms with Gasteiger partial charge in [0.1, 0.15) is 23.7 Å². The number of benzene rings is 1. The third-order valence-corrected chi connectivity index (χ3v) is 5.67. The van der Waals surface area contributed by atoms with Crippen molar-refractivity contribution in [2.45, 2.75) is 63.8 Å². The number of carbonyl (C=O) groups is 1. The summed E-state index contributed by atoms with van der Waals surface area (Å²) in [6.45, 7) is 3.09. The van der Waals surface area contributed by atoms with Crippen LogP contribution in [0.2, 0.25) is 0 Å². The van der Waals surface area contributed by atoms with Gasteiger partial charge in [-0.05, 0) is 44.9 Å². The molecule has 1 aromatic carbocycles. The molecule has 1 fully saturated rings. The van der Waals surface area contributed by atoms with E-state index in [2.05, 4.69) is 15.4 Å². The second-order valence-corrected chi connectivity index (χ2v) is 9.27. The Balaban J connectivity index is 1.66. The van der Waals surface area contributed by atoms with Gasteiger partial charge < -0.3 is 15.2 Å². The molecule has 2 N–H and O–H groups in total. The number of rotatable bonds is 6. The number of aliphatic hydroxyl groups is 1. The number of pyridine rings is 1. The minimum absolute atomic E-state index is 0.0630. The van der Waals surface area contributed by atoms with Crippen molar-refractivity contribution in [3.8, 4) is 5.75 Å². The van der Waals surface area contributed by atoms with Crippen LogP contribution in [-0.4, -0.2) is 38.0 Å². The standard InChI is InChI=1S/C24H27F3N4O3/c1-23(2,33)14-34-20-12-18-15(13-31(30-18)16-7-4-3-5-8-16)11-19(20)29-22(32)17-9-6-10-21(28-17)24(25,26)27/h6,9-13,16,33H,3-5,7-8,14H2,1-2H3,(H,29,32). The summed E-state index contributed by atoms with van der Waals surface area (Å²) in [5, 5.41) is 18.1. The number of hydrogen-bond donors (Lipinski definition) is 2. The first kappa shape index (κ1) is 24.0. The molecule has 0 atom stereocenters. The first-order valence-electron chi connectivity index (χ1n) is 11.2. The Morgan fingerprint density at radius 2 is 1.94 bits per heavy atom. The smallest absolute Gasteiger partial charge is 0.433 e. The molecule has 0 spiro atoms. The van der Waals surface area contributed by atoms with Gasteiger partial charge in [0.2, 0.25) is 0 Å². The third-order valence-electron chi connectivity index (χ3n) is 5.67. The van der Waals surface area contributed by atoms with Crippen molar-refractivity contribution in [3.63, 3.8) is 0 Å². The van der Waals surface area contributed by atoms with Crippen LogP contribution in [0.1, 0.15) is 68.2 Å². The van der Waals surface area contributed by atoms with Crippen molar-refractivity contribution in [2.75, 3.05) is 11.9 Å². The Morgan fingerprint density at radius 1 is 1.21 bits per heavy atom. The number of nitrogens with zero attached hydrogens (tertiary/aromatic N) is 3.